The molecule has 1 aliphatic heterocycles. The largest absolute Gasteiger partial charge is 0.401 e. The first-order valence-electron chi connectivity index (χ1n) is 7.68. The van der Waals surface area contributed by atoms with Crippen molar-refractivity contribution in [2.24, 2.45) is 4.99 Å². The molecule has 1 rings (SSSR count). The molecule has 1 unspecified atom stereocenters. The summed E-state index contributed by atoms with van der Waals surface area (Å²) in [7, 11) is 1.66. The molecule has 1 aliphatic rings. The maximum Gasteiger partial charge on any atom is 0.401 e. The third-order valence-electron chi connectivity index (χ3n) is 3.30. The zero-order valence-corrected chi connectivity index (χ0v) is 16.3. The van der Waals surface area contributed by atoms with E-state index in [1.807, 2.05) is 13.8 Å². The first-order chi connectivity index (χ1) is 10.3. The number of ether oxygens (including phenoxy) is 1. The van der Waals surface area contributed by atoms with Crippen molar-refractivity contribution < 1.29 is 17.9 Å². The topological polar surface area (TPSA) is 48.9 Å². The first kappa shape index (κ1) is 22.7. The molecular formula is C14H28F3IN4O. The lowest BCUT2D eigenvalue weighted by Gasteiger charge is -2.19. The second-order valence-electron chi connectivity index (χ2n) is 5.75. The molecule has 5 nitrogen and oxygen atoms in total. The highest BCUT2D eigenvalue weighted by Gasteiger charge is 2.34. The highest BCUT2D eigenvalue weighted by Crippen LogP contribution is 2.19. The van der Waals surface area contributed by atoms with E-state index < -0.39 is 12.7 Å². The molecule has 1 fully saturated rings. The third kappa shape index (κ3) is 11.0. The number of hydrogen-bond acceptors (Lipinski definition) is 3. The van der Waals surface area contributed by atoms with Crippen molar-refractivity contribution in [1.82, 2.24) is 15.5 Å². The molecule has 0 saturated carbocycles. The Balaban J connectivity index is 0.00000484. The molecule has 0 aliphatic carbocycles. The molecule has 2 N–H and O–H groups in total. The summed E-state index contributed by atoms with van der Waals surface area (Å²) >= 11 is 0. The fraction of sp³-hybridized carbons (Fsp3) is 0.929. The van der Waals surface area contributed by atoms with E-state index in [0.717, 1.165) is 6.42 Å². The molecule has 0 aromatic heterocycles. The van der Waals surface area contributed by atoms with Crippen molar-refractivity contribution in [2.75, 3.05) is 39.8 Å². The number of likely N-dealkylation sites (tertiary alicyclic amines) is 1. The van der Waals surface area contributed by atoms with Crippen molar-refractivity contribution >= 4 is 29.9 Å². The Bertz CT molecular complexity index is 353. The molecule has 23 heavy (non-hydrogen) atoms. The SMILES string of the molecule is CN=C(NCCCOC(C)C)NC1CCN(CC(F)(F)F)C1.I. The monoisotopic (exact) mass is 452 g/mol. The van der Waals surface area contributed by atoms with E-state index in [1.54, 1.807) is 7.05 Å². The number of rotatable bonds is 7. The second-order valence-corrected chi connectivity index (χ2v) is 5.75. The molecule has 9 heteroatoms. The maximum atomic E-state index is 12.3. The highest BCUT2D eigenvalue weighted by atomic mass is 127. The van der Waals surface area contributed by atoms with Gasteiger partial charge in [-0.05, 0) is 26.7 Å². The Hall–Kier alpha value is -0.290. The second kappa shape index (κ2) is 11.3. The maximum absolute atomic E-state index is 12.3. The summed E-state index contributed by atoms with van der Waals surface area (Å²) in [4.78, 5) is 5.51. The van der Waals surface area contributed by atoms with Gasteiger partial charge in [-0.2, -0.15) is 13.2 Å². The average Bonchev–Trinajstić information content (AvgIpc) is 2.81. The van der Waals surface area contributed by atoms with Crippen molar-refractivity contribution in [2.45, 2.75) is 45.0 Å². The summed E-state index contributed by atoms with van der Waals surface area (Å²) in [5, 5.41) is 6.32. The van der Waals surface area contributed by atoms with Gasteiger partial charge in [0.15, 0.2) is 5.96 Å². The summed E-state index contributed by atoms with van der Waals surface area (Å²) in [5.41, 5.74) is 0. The summed E-state index contributed by atoms with van der Waals surface area (Å²) in [6.45, 7) is 5.36. The van der Waals surface area contributed by atoms with Gasteiger partial charge in [-0.25, -0.2) is 0 Å². The van der Waals surface area contributed by atoms with Crippen LogP contribution in [0.25, 0.3) is 0 Å². The van der Waals surface area contributed by atoms with Crippen molar-refractivity contribution in [3.8, 4) is 0 Å². The van der Waals surface area contributed by atoms with Crippen molar-refractivity contribution in [1.29, 1.82) is 0 Å². The fourth-order valence-electron chi connectivity index (χ4n) is 2.33. The number of guanidine groups is 1. The number of halogens is 4. The number of hydrogen-bond donors (Lipinski definition) is 2. The minimum atomic E-state index is -4.13. The molecule has 0 amide bonds. The Morgan fingerprint density at radius 1 is 1.39 bits per heavy atom. The Labute approximate surface area is 153 Å². The summed E-state index contributed by atoms with van der Waals surface area (Å²) in [5.74, 6) is 0.628. The standard InChI is InChI=1S/C14H27F3N4O.HI/c1-11(2)22-8-4-6-19-13(18-3)20-12-5-7-21(9-12)10-14(15,16)17;/h11-12H,4-10H2,1-3H3,(H2,18,19,20);1H. The average molecular weight is 452 g/mol. The molecule has 1 heterocycles. The highest BCUT2D eigenvalue weighted by molar-refractivity contribution is 14.0. The van der Waals surface area contributed by atoms with Crippen LogP contribution in [0.1, 0.15) is 26.7 Å². The van der Waals surface area contributed by atoms with Crippen LogP contribution in [0.5, 0.6) is 0 Å². The molecule has 1 saturated heterocycles. The Morgan fingerprint density at radius 2 is 2.09 bits per heavy atom. The van der Waals surface area contributed by atoms with Gasteiger partial charge in [0, 0.05) is 39.3 Å². The number of alkyl halides is 3. The van der Waals surface area contributed by atoms with Crippen LogP contribution >= 0.6 is 24.0 Å². The van der Waals surface area contributed by atoms with Crippen LogP contribution in [0.2, 0.25) is 0 Å². The zero-order chi connectivity index (χ0) is 16.6. The molecule has 0 spiro atoms. The van der Waals surface area contributed by atoms with E-state index in [-0.39, 0.29) is 36.1 Å². The van der Waals surface area contributed by atoms with E-state index >= 15 is 0 Å². The normalized spacial score (nSPS) is 19.8. The molecular weight excluding hydrogens is 424 g/mol. The van der Waals surface area contributed by atoms with Crippen LogP contribution in [-0.4, -0.2) is 69.0 Å². The predicted molar refractivity (Wildman–Crippen MR) is 96.5 cm³/mol. The van der Waals surface area contributed by atoms with Gasteiger partial charge >= 0.3 is 6.18 Å². The Morgan fingerprint density at radius 3 is 2.65 bits per heavy atom. The van der Waals surface area contributed by atoms with Crippen molar-refractivity contribution in [3.05, 3.63) is 0 Å². The van der Waals surface area contributed by atoms with Gasteiger partial charge in [-0.15, -0.1) is 24.0 Å². The molecule has 0 bridgehead atoms. The Kier molecular flexibility index (Phi) is 11.2. The van der Waals surface area contributed by atoms with Crippen LogP contribution < -0.4 is 10.6 Å². The van der Waals surface area contributed by atoms with Crippen LogP contribution in [-0.2, 0) is 4.74 Å². The van der Waals surface area contributed by atoms with Gasteiger partial charge in [-0.1, -0.05) is 0 Å². The number of nitrogens with zero attached hydrogens (tertiary/aromatic N) is 2. The zero-order valence-electron chi connectivity index (χ0n) is 13.9. The van der Waals surface area contributed by atoms with Gasteiger partial charge < -0.3 is 15.4 Å². The predicted octanol–water partition coefficient (Wildman–Crippen LogP) is 2.22. The van der Waals surface area contributed by atoms with E-state index in [0.29, 0.717) is 38.6 Å². The first-order valence-corrected chi connectivity index (χ1v) is 7.68. The van der Waals surface area contributed by atoms with E-state index in [1.165, 1.54) is 4.90 Å². The lowest BCUT2D eigenvalue weighted by molar-refractivity contribution is -0.143. The summed E-state index contributed by atoms with van der Waals surface area (Å²) in [6, 6.07) is 0.000430. The van der Waals surface area contributed by atoms with Crippen LogP contribution in [0, 0.1) is 0 Å². The lowest BCUT2D eigenvalue weighted by Crippen LogP contribution is -2.45. The minimum absolute atomic E-state index is 0. The molecule has 0 radical (unpaired) electrons. The van der Waals surface area contributed by atoms with Gasteiger partial charge in [0.2, 0.25) is 0 Å². The van der Waals surface area contributed by atoms with Gasteiger partial charge in [0.25, 0.3) is 0 Å². The van der Waals surface area contributed by atoms with Gasteiger partial charge in [0.1, 0.15) is 0 Å². The van der Waals surface area contributed by atoms with E-state index in [9.17, 15) is 13.2 Å². The third-order valence-corrected chi connectivity index (χ3v) is 3.30. The smallest absolute Gasteiger partial charge is 0.379 e. The number of aliphatic imine (C=N–C) groups is 1. The quantitative estimate of drug-likeness (QED) is 0.269. The lowest BCUT2D eigenvalue weighted by atomic mass is 10.3. The van der Waals surface area contributed by atoms with Gasteiger partial charge in [0.05, 0.1) is 12.6 Å². The minimum Gasteiger partial charge on any atom is -0.379 e. The molecule has 0 aromatic rings. The summed E-state index contributed by atoms with van der Waals surface area (Å²) in [6.07, 6.45) is -2.38. The number of nitrogens with one attached hydrogen (secondary N) is 2. The van der Waals surface area contributed by atoms with E-state index in [2.05, 4.69) is 15.6 Å². The molecule has 138 valence electrons. The van der Waals surface area contributed by atoms with Crippen molar-refractivity contribution in [3.63, 3.8) is 0 Å². The van der Waals surface area contributed by atoms with E-state index in [4.69, 9.17) is 4.74 Å². The van der Waals surface area contributed by atoms with Crippen LogP contribution in [0.15, 0.2) is 4.99 Å². The molecule has 0 aromatic carbocycles. The summed E-state index contributed by atoms with van der Waals surface area (Å²) < 4.78 is 42.5. The molecule has 1 atom stereocenters. The van der Waals surface area contributed by atoms with Crippen LogP contribution in [0.4, 0.5) is 13.2 Å². The van der Waals surface area contributed by atoms with Crippen LogP contribution in [0.3, 0.4) is 0 Å². The fourth-order valence-corrected chi connectivity index (χ4v) is 2.33. The van der Waals surface area contributed by atoms with Gasteiger partial charge in [-0.3, -0.25) is 9.89 Å².